The van der Waals surface area contributed by atoms with Gasteiger partial charge in [-0.3, -0.25) is 4.79 Å². The molecule has 0 heterocycles. The zero-order valence-electron chi connectivity index (χ0n) is 12.4. The van der Waals surface area contributed by atoms with E-state index in [1.807, 2.05) is 6.92 Å². The van der Waals surface area contributed by atoms with Crippen LogP contribution in [-0.2, 0) is 0 Å². The summed E-state index contributed by atoms with van der Waals surface area (Å²) in [6.07, 6.45) is 0. The minimum Gasteiger partial charge on any atom is -0.497 e. The molecule has 4 heteroatoms. The van der Waals surface area contributed by atoms with Crippen LogP contribution in [0.3, 0.4) is 0 Å². The van der Waals surface area contributed by atoms with Crippen LogP contribution in [0.4, 0.5) is 0 Å². The zero-order chi connectivity index (χ0) is 15.2. The van der Waals surface area contributed by atoms with Crippen LogP contribution in [0.5, 0.6) is 17.2 Å². The van der Waals surface area contributed by atoms with E-state index in [9.17, 15) is 4.79 Å². The Bertz CT molecular complexity index is 617. The molecule has 2 aromatic rings. The van der Waals surface area contributed by atoms with E-state index in [1.165, 1.54) is 0 Å². The molecule has 2 rings (SSSR count). The predicted octanol–water partition coefficient (Wildman–Crippen LogP) is 3.33. The Labute approximate surface area is 124 Å². The maximum Gasteiger partial charge on any atom is 0.196 e. The van der Waals surface area contributed by atoms with Gasteiger partial charge in [-0.15, -0.1) is 0 Å². The standard InChI is InChI=1S/C17H18O4/c1-4-21-16-11-14(20-3)9-10-15(16)17(18)12-5-7-13(19-2)8-6-12/h5-11H,4H2,1-3H3. The Morgan fingerprint density at radius 3 is 2.14 bits per heavy atom. The second kappa shape index (κ2) is 6.79. The van der Waals surface area contributed by atoms with Crippen molar-refractivity contribution in [2.75, 3.05) is 20.8 Å². The first kappa shape index (κ1) is 14.9. The molecule has 0 aliphatic heterocycles. The maximum absolute atomic E-state index is 12.6. The van der Waals surface area contributed by atoms with Gasteiger partial charge in [0.05, 0.1) is 26.4 Å². The second-order valence-electron chi connectivity index (χ2n) is 4.35. The van der Waals surface area contributed by atoms with E-state index < -0.39 is 0 Å². The molecule has 110 valence electrons. The van der Waals surface area contributed by atoms with E-state index >= 15 is 0 Å². The Balaban J connectivity index is 2.36. The van der Waals surface area contributed by atoms with Gasteiger partial charge in [0.1, 0.15) is 17.2 Å². The lowest BCUT2D eigenvalue weighted by atomic mass is 10.0. The molecule has 0 radical (unpaired) electrons. The molecular formula is C17H18O4. The molecule has 0 spiro atoms. The minimum absolute atomic E-state index is 0.0937. The fraction of sp³-hybridized carbons (Fsp3) is 0.235. The highest BCUT2D eigenvalue weighted by Crippen LogP contribution is 2.27. The summed E-state index contributed by atoms with van der Waals surface area (Å²) >= 11 is 0. The average Bonchev–Trinajstić information content (AvgIpc) is 2.54. The SMILES string of the molecule is CCOc1cc(OC)ccc1C(=O)c1ccc(OC)cc1. The molecule has 0 aliphatic carbocycles. The van der Waals surface area contributed by atoms with Crippen LogP contribution in [0.25, 0.3) is 0 Å². The molecule has 21 heavy (non-hydrogen) atoms. The molecule has 2 aromatic carbocycles. The molecule has 4 nitrogen and oxygen atoms in total. The highest BCUT2D eigenvalue weighted by Gasteiger charge is 2.15. The number of hydrogen-bond donors (Lipinski definition) is 0. The average molecular weight is 286 g/mol. The highest BCUT2D eigenvalue weighted by atomic mass is 16.5. The summed E-state index contributed by atoms with van der Waals surface area (Å²) in [6, 6.07) is 12.2. The number of methoxy groups -OCH3 is 2. The van der Waals surface area contributed by atoms with Crippen molar-refractivity contribution in [3.63, 3.8) is 0 Å². The number of benzene rings is 2. The van der Waals surface area contributed by atoms with Crippen molar-refractivity contribution in [2.24, 2.45) is 0 Å². The van der Waals surface area contributed by atoms with Gasteiger partial charge in [-0.05, 0) is 43.3 Å². The van der Waals surface area contributed by atoms with Gasteiger partial charge in [0.25, 0.3) is 0 Å². The van der Waals surface area contributed by atoms with Crippen LogP contribution in [0.15, 0.2) is 42.5 Å². The first-order valence-corrected chi connectivity index (χ1v) is 6.69. The number of ether oxygens (including phenoxy) is 3. The van der Waals surface area contributed by atoms with E-state index in [-0.39, 0.29) is 5.78 Å². The fourth-order valence-corrected chi connectivity index (χ4v) is 1.99. The summed E-state index contributed by atoms with van der Waals surface area (Å²) in [5, 5.41) is 0. The van der Waals surface area contributed by atoms with Crippen LogP contribution in [0.2, 0.25) is 0 Å². The lowest BCUT2D eigenvalue weighted by Gasteiger charge is -2.11. The number of rotatable bonds is 6. The molecule has 0 fully saturated rings. The molecule has 0 N–H and O–H groups in total. The summed E-state index contributed by atoms with van der Waals surface area (Å²) < 4.78 is 15.8. The zero-order valence-corrected chi connectivity index (χ0v) is 12.4. The Hall–Kier alpha value is -2.49. The first-order valence-electron chi connectivity index (χ1n) is 6.69. The van der Waals surface area contributed by atoms with Crippen molar-refractivity contribution in [2.45, 2.75) is 6.92 Å². The summed E-state index contributed by atoms with van der Waals surface area (Å²) in [5.41, 5.74) is 1.10. The van der Waals surface area contributed by atoms with Gasteiger partial charge in [0.2, 0.25) is 0 Å². The molecule has 0 atom stereocenters. The smallest absolute Gasteiger partial charge is 0.196 e. The topological polar surface area (TPSA) is 44.8 Å². The largest absolute Gasteiger partial charge is 0.497 e. The van der Waals surface area contributed by atoms with Crippen molar-refractivity contribution in [3.05, 3.63) is 53.6 Å². The minimum atomic E-state index is -0.0937. The van der Waals surface area contributed by atoms with Crippen molar-refractivity contribution in [3.8, 4) is 17.2 Å². The first-order chi connectivity index (χ1) is 10.2. The molecule has 0 aromatic heterocycles. The molecule has 0 bridgehead atoms. The Morgan fingerprint density at radius 1 is 0.952 bits per heavy atom. The molecule has 0 aliphatic rings. The van der Waals surface area contributed by atoms with Crippen molar-refractivity contribution in [1.82, 2.24) is 0 Å². The lowest BCUT2D eigenvalue weighted by molar-refractivity contribution is 0.103. The van der Waals surface area contributed by atoms with Gasteiger partial charge in [0.15, 0.2) is 5.78 Å². The highest BCUT2D eigenvalue weighted by molar-refractivity contribution is 6.10. The quantitative estimate of drug-likeness (QED) is 0.764. The number of carbonyl (C=O) groups is 1. The monoisotopic (exact) mass is 286 g/mol. The van der Waals surface area contributed by atoms with Gasteiger partial charge >= 0.3 is 0 Å². The molecule has 0 saturated heterocycles. The van der Waals surface area contributed by atoms with Crippen molar-refractivity contribution >= 4 is 5.78 Å². The summed E-state index contributed by atoms with van der Waals surface area (Å²) in [5.74, 6) is 1.80. The molecule has 0 amide bonds. The van der Waals surface area contributed by atoms with Gasteiger partial charge in [-0.2, -0.15) is 0 Å². The Morgan fingerprint density at radius 2 is 1.57 bits per heavy atom. The number of carbonyl (C=O) groups excluding carboxylic acids is 1. The van der Waals surface area contributed by atoms with Gasteiger partial charge < -0.3 is 14.2 Å². The molecular weight excluding hydrogens is 268 g/mol. The van der Waals surface area contributed by atoms with Gasteiger partial charge in [0, 0.05) is 11.6 Å². The van der Waals surface area contributed by atoms with E-state index in [4.69, 9.17) is 14.2 Å². The van der Waals surface area contributed by atoms with E-state index in [0.29, 0.717) is 35.0 Å². The third-order valence-corrected chi connectivity index (χ3v) is 3.09. The Kier molecular flexibility index (Phi) is 4.82. The molecule has 0 unspecified atom stereocenters. The second-order valence-corrected chi connectivity index (χ2v) is 4.35. The normalized spacial score (nSPS) is 10.0. The number of hydrogen-bond acceptors (Lipinski definition) is 4. The van der Waals surface area contributed by atoms with E-state index in [0.717, 1.165) is 0 Å². The number of ketones is 1. The van der Waals surface area contributed by atoms with Gasteiger partial charge in [-0.25, -0.2) is 0 Å². The van der Waals surface area contributed by atoms with Crippen LogP contribution >= 0.6 is 0 Å². The van der Waals surface area contributed by atoms with Crippen LogP contribution in [-0.4, -0.2) is 26.6 Å². The van der Waals surface area contributed by atoms with Crippen LogP contribution in [0, 0.1) is 0 Å². The lowest BCUT2D eigenvalue weighted by Crippen LogP contribution is -2.05. The van der Waals surface area contributed by atoms with E-state index in [2.05, 4.69) is 0 Å². The van der Waals surface area contributed by atoms with E-state index in [1.54, 1.807) is 56.7 Å². The van der Waals surface area contributed by atoms with Crippen molar-refractivity contribution in [1.29, 1.82) is 0 Å². The maximum atomic E-state index is 12.6. The molecule has 0 saturated carbocycles. The summed E-state index contributed by atoms with van der Waals surface area (Å²) in [7, 11) is 3.17. The third-order valence-electron chi connectivity index (χ3n) is 3.09. The third kappa shape index (κ3) is 3.34. The van der Waals surface area contributed by atoms with Crippen LogP contribution in [0.1, 0.15) is 22.8 Å². The fourth-order valence-electron chi connectivity index (χ4n) is 1.99. The summed E-state index contributed by atoms with van der Waals surface area (Å²) in [6.45, 7) is 2.36. The van der Waals surface area contributed by atoms with Crippen LogP contribution < -0.4 is 14.2 Å². The van der Waals surface area contributed by atoms with Gasteiger partial charge in [-0.1, -0.05) is 0 Å². The summed E-state index contributed by atoms with van der Waals surface area (Å²) in [4.78, 5) is 12.6. The van der Waals surface area contributed by atoms with Crippen molar-refractivity contribution < 1.29 is 19.0 Å². The predicted molar refractivity (Wildman–Crippen MR) is 80.6 cm³/mol.